The summed E-state index contributed by atoms with van der Waals surface area (Å²) < 4.78 is 8.00. The molecule has 0 saturated heterocycles. The summed E-state index contributed by atoms with van der Waals surface area (Å²) in [4.78, 5) is 15.2. The zero-order chi connectivity index (χ0) is 20.1. The molecule has 0 atom stereocenters. The number of aldehydes is 1. The highest BCUT2D eigenvalue weighted by molar-refractivity contribution is 6.32. The highest BCUT2D eigenvalue weighted by Gasteiger charge is 2.17. The number of ether oxygens (including phenoxy) is 1. The molecule has 0 unspecified atom stereocenters. The first kappa shape index (κ1) is 20.2. The van der Waals surface area contributed by atoms with Crippen LogP contribution in [0.3, 0.4) is 0 Å². The van der Waals surface area contributed by atoms with Gasteiger partial charge >= 0.3 is 0 Å². The SMILES string of the molecule is Cc1cc(Cn2ccnc2)cc(Cl)c1OCc1ccc(CC(C)(C)C=O)cc1. The van der Waals surface area contributed by atoms with Crippen molar-refractivity contribution in [3.8, 4) is 5.75 Å². The molecule has 0 bridgehead atoms. The van der Waals surface area contributed by atoms with Crippen molar-refractivity contribution >= 4 is 17.9 Å². The van der Waals surface area contributed by atoms with E-state index in [1.165, 1.54) is 0 Å². The van der Waals surface area contributed by atoms with Crippen molar-refractivity contribution in [3.63, 3.8) is 0 Å². The van der Waals surface area contributed by atoms with Crippen LogP contribution in [0, 0.1) is 12.3 Å². The van der Waals surface area contributed by atoms with Crippen LogP contribution < -0.4 is 4.74 Å². The molecule has 0 N–H and O–H groups in total. The zero-order valence-electron chi connectivity index (χ0n) is 16.5. The third-order valence-electron chi connectivity index (χ3n) is 4.60. The first-order valence-electron chi connectivity index (χ1n) is 9.28. The fraction of sp³-hybridized carbons (Fsp3) is 0.304. The summed E-state index contributed by atoms with van der Waals surface area (Å²) in [5.41, 5.74) is 3.97. The van der Waals surface area contributed by atoms with Crippen LogP contribution in [-0.4, -0.2) is 15.8 Å². The highest BCUT2D eigenvalue weighted by atomic mass is 35.5. The van der Waals surface area contributed by atoms with Crippen molar-refractivity contribution < 1.29 is 9.53 Å². The van der Waals surface area contributed by atoms with Crippen molar-refractivity contribution in [2.75, 3.05) is 0 Å². The van der Waals surface area contributed by atoms with Crippen LogP contribution in [0.5, 0.6) is 5.75 Å². The Morgan fingerprint density at radius 2 is 1.86 bits per heavy atom. The summed E-state index contributed by atoms with van der Waals surface area (Å²) in [6.07, 6.45) is 7.20. The molecular formula is C23H25ClN2O2. The molecule has 28 heavy (non-hydrogen) atoms. The van der Waals surface area contributed by atoms with E-state index < -0.39 is 0 Å². The molecule has 5 heteroatoms. The summed E-state index contributed by atoms with van der Waals surface area (Å²) >= 11 is 6.47. The lowest BCUT2D eigenvalue weighted by Crippen LogP contribution is -2.16. The predicted octanol–water partition coefficient (Wildman–Crippen LogP) is 5.24. The Hall–Kier alpha value is -2.59. The van der Waals surface area contributed by atoms with Gasteiger partial charge in [-0.3, -0.25) is 0 Å². The smallest absolute Gasteiger partial charge is 0.141 e. The van der Waals surface area contributed by atoms with E-state index in [0.717, 1.165) is 41.5 Å². The molecule has 146 valence electrons. The van der Waals surface area contributed by atoms with E-state index in [1.54, 1.807) is 12.5 Å². The van der Waals surface area contributed by atoms with Crippen LogP contribution in [0.2, 0.25) is 5.02 Å². The molecule has 0 saturated carbocycles. The lowest BCUT2D eigenvalue weighted by atomic mass is 9.87. The minimum Gasteiger partial charge on any atom is -0.487 e. The summed E-state index contributed by atoms with van der Waals surface area (Å²) in [6, 6.07) is 12.2. The van der Waals surface area contributed by atoms with Crippen LogP contribution >= 0.6 is 11.6 Å². The first-order valence-corrected chi connectivity index (χ1v) is 9.66. The van der Waals surface area contributed by atoms with Crippen LogP contribution in [0.1, 0.15) is 36.1 Å². The van der Waals surface area contributed by atoms with Crippen molar-refractivity contribution in [1.82, 2.24) is 9.55 Å². The van der Waals surface area contributed by atoms with Gasteiger partial charge in [0.1, 0.15) is 18.6 Å². The Kier molecular flexibility index (Phi) is 6.20. The number of aryl methyl sites for hydroxylation is 1. The molecule has 0 aliphatic carbocycles. The molecule has 2 aromatic carbocycles. The van der Waals surface area contributed by atoms with Gasteiger partial charge in [-0.05, 0) is 41.7 Å². The maximum atomic E-state index is 11.1. The standard InChI is InChI=1S/C23H25ClN2O2/c1-17-10-20(13-26-9-8-25-16-26)11-21(24)22(17)28-14-19-6-4-18(5-7-19)12-23(2,3)15-27/h4-11,15-16H,12-14H2,1-3H3. The van der Waals surface area contributed by atoms with Gasteiger partial charge in [0, 0.05) is 24.4 Å². The molecule has 0 aliphatic rings. The van der Waals surface area contributed by atoms with Gasteiger partial charge in [0.25, 0.3) is 0 Å². The topological polar surface area (TPSA) is 44.1 Å². The number of halogens is 1. The molecular weight excluding hydrogens is 372 g/mol. The third-order valence-corrected chi connectivity index (χ3v) is 4.88. The van der Waals surface area contributed by atoms with Crippen LogP contribution in [0.4, 0.5) is 0 Å². The maximum absolute atomic E-state index is 11.1. The lowest BCUT2D eigenvalue weighted by Gasteiger charge is -2.17. The average molecular weight is 397 g/mol. The second-order valence-electron chi connectivity index (χ2n) is 7.85. The average Bonchev–Trinajstić information content (AvgIpc) is 3.15. The summed E-state index contributed by atoms with van der Waals surface area (Å²) in [5.74, 6) is 0.710. The number of imidazole rings is 1. The van der Waals surface area contributed by atoms with Gasteiger partial charge in [0.2, 0.25) is 0 Å². The van der Waals surface area contributed by atoms with Gasteiger partial charge in [-0.15, -0.1) is 0 Å². The molecule has 3 rings (SSSR count). The fourth-order valence-electron chi connectivity index (χ4n) is 3.14. The third kappa shape index (κ3) is 5.23. The number of aromatic nitrogens is 2. The van der Waals surface area contributed by atoms with Crippen LogP contribution in [0.25, 0.3) is 0 Å². The summed E-state index contributed by atoms with van der Waals surface area (Å²) in [5, 5.41) is 0.611. The maximum Gasteiger partial charge on any atom is 0.141 e. The minimum atomic E-state index is -0.346. The van der Waals surface area contributed by atoms with Crippen LogP contribution in [-0.2, 0) is 24.4 Å². The quantitative estimate of drug-likeness (QED) is 0.489. The second-order valence-corrected chi connectivity index (χ2v) is 8.25. The van der Waals surface area contributed by atoms with Crippen molar-refractivity contribution in [2.24, 2.45) is 5.41 Å². The highest BCUT2D eigenvalue weighted by Crippen LogP contribution is 2.31. The molecule has 0 amide bonds. The van der Waals surface area contributed by atoms with E-state index in [0.29, 0.717) is 17.4 Å². The van der Waals surface area contributed by atoms with Crippen molar-refractivity contribution in [2.45, 2.75) is 40.3 Å². The van der Waals surface area contributed by atoms with E-state index in [9.17, 15) is 4.79 Å². The Bertz CT molecular complexity index is 909. The molecule has 0 radical (unpaired) electrons. The number of carbonyl (C=O) groups excluding carboxylic acids is 1. The minimum absolute atomic E-state index is 0.346. The molecule has 0 spiro atoms. The molecule has 0 fully saturated rings. The number of hydrogen-bond donors (Lipinski definition) is 0. The molecule has 3 aromatic rings. The number of benzene rings is 2. The summed E-state index contributed by atoms with van der Waals surface area (Å²) in [7, 11) is 0. The van der Waals surface area contributed by atoms with E-state index in [2.05, 4.69) is 11.1 Å². The molecule has 4 nitrogen and oxygen atoms in total. The number of nitrogens with zero attached hydrogens (tertiary/aromatic N) is 2. The number of carbonyl (C=O) groups is 1. The van der Waals surface area contributed by atoms with Gasteiger partial charge in [0.15, 0.2) is 0 Å². The van der Waals surface area contributed by atoms with E-state index >= 15 is 0 Å². The van der Waals surface area contributed by atoms with Gasteiger partial charge in [-0.1, -0.05) is 55.8 Å². The first-order chi connectivity index (χ1) is 13.4. The molecule has 1 aromatic heterocycles. The Balaban J connectivity index is 1.65. The predicted molar refractivity (Wildman–Crippen MR) is 112 cm³/mol. The Labute approximate surface area is 171 Å². The van der Waals surface area contributed by atoms with Crippen molar-refractivity contribution in [3.05, 3.63) is 82.4 Å². The number of hydrogen-bond acceptors (Lipinski definition) is 3. The van der Waals surface area contributed by atoms with E-state index in [-0.39, 0.29) is 5.41 Å². The second kappa shape index (κ2) is 8.61. The largest absolute Gasteiger partial charge is 0.487 e. The summed E-state index contributed by atoms with van der Waals surface area (Å²) in [6.45, 7) is 7.05. The van der Waals surface area contributed by atoms with E-state index in [4.69, 9.17) is 16.3 Å². The van der Waals surface area contributed by atoms with Gasteiger partial charge in [0.05, 0.1) is 11.3 Å². The fourth-order valence-corrected chi connectivity index (χ4v) is 3.49. The lowest BCUT2D eigenvalue weighted by molar-refractivity contribution is -0.114. The van der Waals surface area contributed by atoms with Gasteiger partial charge < -0.3 is 14.1 Å². The number of rotatable bonds is 8. The van der Waals surface area contributed by atoms with E-state index in [1.807, 2.05) is 61.9 Å². The van der Waals surface area contributed by atoms with Crippen molar-refractivity contribution in [1.29, 1.82) is 0 Å². The Morgan fingerprint density at radius 1 is 1.14 bits per heavy atom. The molecule has 0 aliphatic heterocycles. The van der Waals surface area contributed by atoms with Crippen LogP contribution in [0.15, 0.2) is 55.1 Å². The zero-order valence-corrected chi connectivity index (χ0v) is 17.2. The Morgan fingerprint density at radius 3 is 2.46 bits per heavy atom. The van der Waals surface area contributed by atoms with Gasteiger partial charge in [-0.2, -0.15) is 0 Å². The normalized spacial score (nSPS) is 11.4. The molecule has 1 heterocycles. The monoisotopic (exact) mass is 396 g/mol. The van der Waals surface area contributed by atoms with Gasteiger partial charge in [-0.25, -0.2) is 4.98 Å².